The molecule has 0 radical (unpaired) electrons. The monoisotopic (exact) mass is 443 g/mol. The van der Waals surface area contributed by atoms with E-state index in [0.29, 0.717) is 37.5 Å². The first-order valence-corrected chi connectivity index (χ1v) is 9.88. The van der Waals surface area contributed by atoms with E-state index >= 15 is 0 Å². The Morgan fingerprint density at radius 2 is 1.89 bits per heavy atom. The number of carbonyl (C=O) groups excluding carboxylic acids is 2. The van der Waals surface area contributed by atoms with Crippen LogP contribution in [0.25, 0.3) is 6.08 Å². The van der Waals surface area contributed by atoms with E-state index in [9.17, 15) is 9.59 Å². The quantitative estimate of drug-likeness (QED) is 0.714. The van der Waals surface area contributed by atoms with Gasteiger partial charge in [-0.25, -0.2) is 4.98 Å². The smallest absolute Gasteiger partial charge is 0.246 e. The van der Waals surface area contributed by atoms with Crippen LogP contribution in [0.4, 0.5) is 5.69 Å². The Hall–Kier alpha value is -2.67. The number of halogens is 1. The van der Waals surface area contributed by atoms with Crippen molar-refractivity contribution in [2.24, 2.45) is 5.92 Å². The van der Waals surface area contributed by atoms with Gasteiger partial charge in [0.2, 0.25) is 17.7 Å². The third-order valence-corrected chi connectivity index (χ3v) is 5.21. The Morgan fingerprint density at radius 1 is 1.18 bits per heavy atom. The summed E-state index contributed by atoms with van der Waals surface area (Å²) in [6.45, 7) is 1.14. The number of aromatic nitrogens is 1. The number of pyridine rings is 1. The Morgan fingerprint density at radius 3 is 2.50 bits per heavy atom. The first-order chi connectivity index (χ1) is 13.5. The second kappa shape index (κ2) is 9.50. The summed E-state index contributed by atoms with van der Waals surface area (Å²) in [5.74, 6) is 0.327. The van der Waals surface area contributed by atoms with Gasteiger partial charge in [0.05, 0.1) is 19.0 Å². The SMILES string of the molecule is COc1ccc(NC(=O)C2CCN(C(=O)C=Cc3ccc(Br)cc3)CC2)cn1. The van der Waals surface area contributed by atoms with E-state index in [1.165, 1.54) is 0 Å². The normalized spacial score (nSPS) is 14.9. The summed E-state index contributed by atoms with van der Waals surface area (Å²) in [6.07, 6.45) is 6.26. The summed E-state index contributed by atoms with van der Waals surface area (Å²) in [4.78, 5) is 30.7. The molecule has 3 rings (SSSR count). The van der Waals surface area contributed by atoms with Crippen LogP contribution in [-0.2, 0) is 9.59 Å². The largest absolute Gasteiger partial charge is 0.481 e. The molecule has 1 aromatic heterocycles. The van der Waals surface area contributed by atoms with E-state index in [-0.39, 0.29) is 17.7 Å². The second-order valence-corrected chi connectivity index (χ2v) is 7.48. The highest BCUT2D eigenvalue weighted by Crippen LogP contribution is 2.20. The number of carbonyl (C=O) groups is 2. The minimum atomic E-state index is -0.110. The van der Waals surface area contributed by atoms with Crippen LogP contribution in [-0.4, -0.2) is 41.9 Å². The summed E-state index contributed by atoms with van der Waals surface area (Å²) >= 11 is 3.39. The summed E-state index contributed by atoms with van der Waals surface area (Å²) in [6, 6.07) is 11.2. The molecule has 0 spiro atoms. The summed E-state index contributed by atoms with van der Waals surface area (Å²) < 4.78 is 6.01. The molecule has 0 bridgehead atoms. The molecule has 28 heavy (non-hydrogen) atoms. The highest BCUT2D eigenvalue weighted by molar-refractivity contribution is 9.10. The van der Waals surface area contributed by atoms with Gasteiger partial charge in [0.15, 0.2) is 0 Å². The number of hydrogen-bond donors (Lipinski definition) is 1. The van der Waals surface area contributed by atoms with Crippen molar-refractivity contribution in [1.82, 2.24) is 9.88 Å². The first-order valence-electron chi connectivity index (χ1n) is 9.08. The zero-order valence-corrected chi connectivity index (χ0v) is 17.2. The van der Waals surface area contributed by atoms with Gasteiger partial charge in [-0.1, -0.05) is 28.1 Å². The summed E-state index contributed by atoms with van der Waals surface area (Å²) in [5, 5.41) is 2.88. The van der Waals surface area contributed by atoms with Gasteiger partial charge in [0, 0.05) is 35.6 Å². The van der Waals surface area contributed by atoms with Crippen molar-refractivity contribution in [3.8, 4) is 5.88 Å². The molecule has 0 aliphatic carbocycles. The highest BCUT2D eigenvalue weighted by atomic mass is 79.9. The number of methoxy groups -OCH3 is 1. The number of ether oxygens (including phenoxy) is 1. The predicted octanol–water partition coefficient (Wildman–Crippen LogP) is 3.74. The van der Waals surface area contributed by atoms with Crippen molar-refractivity contribution in [2.45, 2.75) is 12.8 Å². The number of amides is 2. The van der Waals surface area contributed by atoms with Crippen LogP contribution >= 0.6 is 15.9 Å². The Bertz CT molecular complexity index is 842. The average Bonchev–Trinajstić information content (AvgIpc) is 2.73. The molecule has 1 aliphatic heterocycles. The van der Waals surface area contributed by atoms with Gasteiger partial charge in [0.1, 0.15) is 0 Å². The van der Waals surface area contributed by atoms with E-state index in [2.05, 4.69) is 26.2 Å². The van der Waals surface area contributed by atoms with E-state index in [0.717, 1.165) is 10.0 Å². The second-order valence-electron chi connectivity index (χ2n) is 6.56. The molecule has 2 aromatic rings. The van der Waals surface area contributed by atoms with Gasteiger partial charge in [-0.05, 0) is 42.7 Å². The third-order valence-electron chi connectivity index (χ3n) is 4.68. The van der Waals surface area contributed by atoms with Crippen LogP contribution in [0.3, 0.4) is 0 Å². The lowest BCUT2D eigenvalue weighted by atomic mass is 9.95. The zero-order valence-electron chi connectivity index (χ0n) is 15.6. The van der Waals surface area contributed by atoms with Crippen LogP contribution in [0.1, 0.15) is 18.4 Å². The fourth-order valence-electron chi connectivity index (χ4n) is 3.03. The molecule has 2 amide bonds. The molecule has 0 unspecified atom stereocenters. The van der Waals surface area contributed by atoms with E-state index in [1.807, 2.05) is 30.3 Å². The third kappa shape index (κ3) is 5.42. The number of likely N-dealkylation sites (tertiary alicyclic amines) is 1. The molecule has 6 nitrogen and oxygen atoms in total. The van der Waals surface area contributed by atoms with Crippen LogP contribution < -0.4 is 10.1 Å². The molecule has 2 heterocycles. The predicted molar refractivity (Wildman–Crippen MR) is 112 cm³/mol. The average molecular weight is 444 g/mol. The summed E-state index contributed by atoms with van der Waals surface area (Å²) in [5.41, 5.74) is 1.61. The number of rotatable bonds is 5. The number of benzene rings is 1. The van der Waals surface area contributed by atoms with E-state index in [4.69, 9.17) is 4.74 Å². The number of hydrogen-bond acceptors (Lipinski definition) is 4. The van der Waals surface area contributed by atoms with Crippen molar-refractivity contribution in [3.63, 3.8) is 0 Å². The van der Waals surface area contributed by atoms with Gasteiger partial charge in [0.25, 0.3) is 0 Å². The number of piperidine rings is 1. The van der Waals surface area contributed by atoms with Gasteiger partial charge in [-0.15, -0.1) is 0 Å². The van der Waals surface area contributed by atoms with Crippen molar-refractivity contribution in [2.75, 3.05) is 25.5 Å². The molecule has 0 saturated carbocycles. The molecule has 7 heteroatoms. The standard InChI is InChI=1S/C21H22BrN3O3/c1-28-19-8-7-18(14-23-19)24-21(27)16-10-12-25(13-11-16)20(26)9-4-15-2-5-17(22)6-3-15/h2-9,14,16H,10-13H2,1H3,(H,24,27). The molecule has 1 N–H and O–H groups in total. The van der Waals surface area contributed by atoms with Gasteiger partial charge in [-0.3, -0.25) is 9.59 Å². The van der Waals surface area contributed by atoms with E-state index in [1.54, 1.807) is 36.4 Å². The van der Waals surface area contributed by atoms with Crippen LogP contribution in [0.2, 0.25) is 0 Å². The molecular weight excluding hydrogens is 422 g/mol. The van der Waals surface area contributed by atoms with Crippen molar-refractivity contribution < 1.29 is 14.3 Å². The molecule has 1 fully saturated rings. The Labute approximate surface area is 172 Å². The maximum Gasteiger partial charge on any atom is 0.246 e. The molecular formula is C21H22BrN3O3. The van der Waals surface area contributed by atoms with Gasteiger partial charge >= 0.3 is 0 Å². The number of anilines is 1. The summed E-state index contributed by atoms with van der Waals surface area (Å²) in [7, 11) is 1.55. The van der Waals surface area contributed by atoms with Crippen molar-refractivity contribution >= 4 is 39.5 Å². The minimum Gasteiger partial charge on any atom is -0.481 e. The minimum absolute atomic E-state index is 0.0267. The fraction of sp³-hybridized carbons (Fsp3) is 0.286. The van der Waals surface area contributed by atoms with Crippen LogP contribution in [0, 0.1) is 5.92 Å². The van der Waals surface area contributed by atoms with E-state index < -0.39 is 0 Å². The van der Waals surface area contributed by atoms with Crippen LogP contribution in [0.5, 0.6) is 5.88 Å². The Balaban J connectivity index is 1.48. The fourth-order valence-corrected chi connectivity index (χ4v) is 3.29. The maximum atomic E-state index is 12.4. The first kappa shape index (κ1) is 20.1. The van der Waals surface area contributed by atoms with Crippen molar-refractivity contribution in [3.05, 3.63) is 58.7 Å². The zero-order chi connectivity index (χ0) is 19.9. The molecule has 1 aliphatic rings. The Kier molecular flexibility index (Phi) is 6.81. The topological polar surface area (TPSA) is 71.5 Å². The lowest BCUT2D eigenvalue weighted by molar-refractivity contribution is -0.130. The van der Waals surface area contributed by atoms with Gasteiger partial charge < -0.3 is 15.0 Å². The lowest BCUT2D eigenvalue weighted by Crippen LogP contribution is -2.40. The molecule has 0 atom stereocenters. The lowest BCUT2D eigenvalue weighted by Gasteiger charge is -2.30. The molecule has 146 valence electrons. The van der Waals surface area contributed by atoms with Crippen molar-refractivity contribution in [1.29, 1.82) is 0 Å². The molecule has 1 saturated heterocycles. The van der Waals surface area contributed by atoms with Crippen LogP contribution in [0.15, 0.2) is 53.1 Å². The van der Waals surface area contributed by atoms with Gasteiger partial charge in [-0.2, -0.15) is 0 Å². The maximum absolute atomic E-state index is 12.4. The highest BCUT2D eigenvalue weighted by Gasteiger charge is 2.26. The molecule has 1 aromatic carbocycles. The number of nitrogens with one attached hydrogen (secondary N) is 1. The number of nitrogens with zero attached hydrogens (tertiary/aromatic N) is 2.